The summed E-state index contributed by atoms with van der Waals surface area (Å²) in [5, 5.41) is 17.0. The molecule has 4 aromatic rings. The summed E-state index contributed by atoms with van der Waals surface area (Å²) in [7, 11) is 0. The Balaban J connectivity index is 1.27. The molecule has 34 heavy (non-hydrogen) atoms. The van der Waals surface area contributed by atoms with Gasteiger partial charge in [-0.15, -0.1) is 0 Å². The fraction of sp³-hybridized carbons (Fsp3) is 0.320. The maximum absolute atomic E-state index is 10.2. The van der Waals surface area contributed by atoms with Crippen molar-refractivity contribution in [2.45, 2.75) is 25.4 Å². The van der Waals surface area contributed by atoms with Crippen LogP contribution < -0.4 is 20.3 Å². The second kappa shape index (κ2) is 8.18. The van der Waals surface area contributed by atoms with Gasteiger partial charge in [-0.05, 0) is 50.1 Å². The first-order chi connectivity index (χ1) is 16.5. The van der Waals surface area contributed by atoms with Crippen LogP contribution in [0.2, 0.25) is 0 Å². The van der Waals surface area contributed by atoms with Gasteiger partial charge >= 0.3 is 0 Å². The van der Waals surface area contributed by atoms with Gasteiger partial charge in [0.2, 0.25) is 0 Å². The number of benzene rings is 1. The number of pyridine rings is 1. The zero-order valence-corrected chi connectivity index (χ0v) is 19.0. The Bertz CT molecular complexity index is 1320. The van der Waals surface area contributed by atoms with E-state index in [1.54, 1.807) is 6.20 Å². The maximum atomic E-state index is 10.2. The van der Waals surface area contributed by atoms with Crippen LogP contribution >= 0.6 is 0 Å². The number of imidazole rings is 1. The molecular weight excluding hydrogens is 430 g/mol. The van der Waals surface area contributed by atoms with Crippen molar-refractivity contribution in [3.63, 3.8) is 0 Å². The molecule has 1 aromatic carbocycles. The number of anilines is 4. The van der Waals surface area contributed by atoms with Crippen molar-refractivity contribution in [1.82, 2.24) is 19.4 Å². The van der Waals surface area contributed by atoms with Gasteiger partial charge in [-0.25, -0.2) is 15.0 Å². The van der Waals surface area contributed by atoms with Crippen molar-refractivity contribution in [3.05, 3.63) is 55.1 Å². The molecule has 1 saturated heterocycles. The van der Waals surface area contributed by atoms with E-state index in [1.165, 1.54) is 0 Å². The van der Waals surface area contributed by atoms with Gasteiger partial charge in [0.15, 0.2) is 11.5 Å². The minimum absolute atomic E-state index is 0.578. The Morgan fingerprint density at radius 3 is 2.85 bits per heavy atom. The molecule has 0 spiro atoms. The average molecular weight is 458 g/mol. The van der Waals surface area contributed by atoms with Crippen LogP contribution in [0, 0.1) is 0 Å². The van der Waals surface area contributed by atoms with Gasteiger partial charge in [-0.2, -0.15) is 0 Å². The molecule has 0 saturated carbocycles. The predicted molar refractivity (Wildman–Crippen MR) is 132 cm³/mol. The molecule has 0 unspecified atom stereocenters. The second-order valence-corrected chi connectivity index (χ2v) is 9.13. The number of ether oxygens (including phenoxy) is 1. The van der Waals surface area contributed by atoms with Crippen LogP contribution in [0.4, 0.5) is 23.0 Å². The summed E-state index contributed by atoms with van der Waals surface area (Å²) in [5.74, 6) is 2.44. The highest BCUT2D eigenvalue weighted by Crippen LogP contribution is 2.33. The first-order valence-corrected chi connectivity index (χ1v) is 11.6. The quantitative estimate of drug-likeness (QED) is 0.427. The summed E-state index contributed by atoms with van der Waals surface area (Å²) >= 11 is 0. The van der Waals surface area contributed by atoms with Crippen LogP contribution in [0.25, 0.3) is 16.9 Å². The van der Waals surface area contributed by atoms with E-state index in [4.69, 9.17) is 9.72 Å². The summed E-state index contributed by atoms with van der Waals surface area (Å²) in [6.45, 7) is 4.95. The Morgan fingerprint density at radius 2 is 2.03 bits per heavy atom. The van der Waals surface area contributed by atoms with Crippen LogP contribution in [0.15, 0.2) is 55.1 Å². The standard InChI is InChI=1S/C25H27N7O2/c1-25(33)6-10-31(11-7-25)22-5-3-18(15-28-22)29-23-24-27-8-12-32(24)16-20(30-23)17-2-4-21-19(14-17)26-9-13-34-21/h2-5,8,12,14-16,26,33H,6-7,9-11,13H2,1H3,(H,29,30). The van der Waals surface area contributed by atoms with Crippen LogP contribution in [0.1, 0.15) is 19.8 Å². The van der Waals surface area contributed by atoms with E-state index in [0.29, 0.717) is 12.4 Å². The van der Waals surface area contributed by atoms with E-state index in [0.717, 1.165) is 72.3 Å². The highest BCUT2D eigenvalue weighted by Gasteiger charge is 2.27. The number of aliphatic hydroxyl groups is 1. The van der Waals surface area contributed by atoms with Crippen LogP contribution in [0.5, 0.6) is 5.75 Å². The van der Waals surface area contributed by atoms with Gasteiger partial charge in [0, 0.05) is 43.8 Å². The van der Waals surface area contributed by atoms with Crippen LogP contribution in [-0.4, -0.2) is 56.3 Å². The third kappa shape index (κ3) is 3.99. The highest BCUT2D eigenvalue weighted by atomic mass is 16.5. The molecule has 0 radical (unpaired) electrons. The first-order valence-electron chi connectivity index (χ1n) is 11.6. The normalized spacial score (nSPS) is 17.1. The second-order valence-electron chi connectivity index (χ2n) is 9.13. The lowest BCUT2D eigenvalue weighted by Crippen LogP contribution is -2.42. The van der Waals surface area contributed by atoms with Gasteiger partial charge in [0.05, 0.1) is 28.9 Å². The third-order valence-electron chi connectivity index (χ3n) is 6.50. The zero-order chi connectivity index (χ0) is 23.1. The van der Waals surface area contributed by atoms with Crippen molar-refractivity contribution >= 4 is 28.7 Å². The number of hydrogen-bond donors (Lipinski definition) is 3. The maximum Gasteiger partial charge on any atom is 0.180 e. The van der Waals surface area contributed by atoms with E-state index in [9.17, 15) is 5.11 Å². The Morgan fingerprint density at radius 1 is 1.15 bits per heavy atom. The van der Waals surface area contributed by atoms with Crippen LogP contribution in [-0.2, 0) is 0 Å². The molecule has 0 bridgehead atoms. The van der Waals surface area contributed by atoms with Crippen molar-refractivity contribution in [3.8, 4) is 17.0 Å². The summed E-state index contributed by atoms with van der Waals surface area (Å²) in [5.41, 5.74) is 3.79. The number of fused-ring (bicyclic) bond motifs is 2. The number of piperidine rings is 1. The highest BCUT2D eigenvalue weighted by molar-refractivity contribution is 5.76. The van der Waals surface area contributed by atoms with E-state index < -0.39 is 5.60 Å². The molecule has 0 aliphatic carbocycles. The molecule has 9 heteroatoms. The first kappa shape index (κ1) is 20.7. The zero-order valence-electron chi connectivity index (χ0n) is 19.0. The summed E-state index contributed by atoms with van der Waals surface area (Å²) in [4.78, 5) is 16.2. The summed E-state index contributed by atoms with van der Waals surface area (Å²) < 4.78 is 7.67. The van der Waals surface area contributed by atoms with Gasteiger partial charge in [0.25, 0.3) is 0 Å². The van der Waals surface area contributed by atoms with Crippen molar-refractivity contribution in [1.29, 1.82) is 0 Å². The Hall–Kier alpha value is -3.85. The molecule has 6 rings (SSSR count). The monoisotopic (exact) mass is 457 g/mol. The molecule has 0 amide bonds. The van der Waals surface area contributed by atoms with E-state index in [2.05, 4.69) is 31.6 Å². The largest absolute Gasteiger partial charge is 0.490 e. The Kier molecular flexibility index (Phi) is 4.99. The van der Waals surface area contributed by atoms with Crippen molar-refractivity contribution in [2.24, 2.45) is 0 Å². The number of aromatic nitrogens is 4. The topological polar surface area (TPSA) is 99.8 Å². The number of nitrogens with zero attached hydrogens (tertiary/aromatic N) is 5. The third-order valence-corrected chi connectivity index (χ3v) is 6.50. The van der Waals surface area contributed by atoms with Crippen molar-refractivity contribution < 1.29 is 9.84 Å². The average Bonchev–Trinajstić information content (AvgIpc) is 3.34. The fourth-order valence-corrected chi connectivity index (χ4v) is 4.46. The molecule has 174 valence electrons. The molecule has 3 N–H and O–H groups in total. The lowest BCUT2D eigenvalue weighted by Gasteiger charge is -2.36. The van der Waals surface area contributed by atoms with Gasteiger partial charge in [-0.1, -0.05) is 0 Å². The SMILES string of the molecule is CC1(O)CCN(c2ccc(Nc3nc(-c4ccc5c(c4)NCCO5)cn4ccnc34)cn2)CC1. The molecule has 9 nitrogen and oxygen atoms in total. The molecular formula is C25H27N7O2. The number of hydrogen-bond acceptors (Lipinski definition) is 8. The van der Waals surface area contributed by atoms with E-state index >= 15 is 0 Å². The molecule has 5 heterocycles. The minimum atomic E-state index is -0.578. The van der Waals surface area contributed by atoms with Gasteiger partial charge in [0.1, 0.15) is 18.2 Å². The summed E-state index contributed by atoms with van der Waals surface area (Å²) in [6, 6.07) is 10.1. The molecule has 2 aliphatic rings. The van der Waals surface area contributed by atoms with Crippen LogP contribution in [0.3, 0.4) is 0 Å². The molecule has 0 atom stereocenters. The number of rotatable bonds is 4. The predicted octanol–water partition coefficient (Wildman–Crippen LogP) is 3.69. The fourth-order valence-electron chi connectivity index (χ4n) is 4.46. The lowest BCUT2D eigenvalue weighted by atomic mass is 9.94. The van der Waals surface area contributed by atoms with E-state index in [-0.39, 0.29) is 0 Å². The Labute approximate surface area is 197 Å². The lowest BCUT2D eigenvalue weighted by molar-refractivity contribution is 0.0350. The van der Waals surface area contributed by atoms with Gasteiger partial charge < -0.3 is 29.8 Å². The van der Waals surface area contributed by atoms with Gasteiger partial charge in [-0.3, -0.25) is 0 Å². The molecule has 3 aromatic heterocycles. The van der Waals surface area contributed by atoms with Crippen molar-refractivity contribution in [2.75, 3.05) is 41.8 Å². The smallest absolute Gasteiger partial charge is 0.180 e. The summed E-state index contributed by atoms with van der Waals surface area (Å²) in [6.07, 6.45) is 8.96. The van der Waals surface area contributed by atoms with E-state index in [1.807, 2.05) is 54.2 Å². The molecule has 2 aliphatic heterocycles. The molecule has 1 fully saturated rings. The number of nitrogens with one attached hydrogen (secondary N) is 2. The minimum Gasteiger partial charge on any atom is -0.490 e.